The van der Waals surface area contributed by atoms with E-state index in [0.29, 0.717) is 0 Å². The zero-order valence-corrected chi connectivity index (χ0v) is 15.1. The first-order valence-electron chi connectivity index (χ1n) is 9.31. The highest BCUT2D eigenvalue weighted by molar-refractivity contribution is 5.85. The van der Waals surface area contributed by atoms with Gasteiger partial charge in [-0.2, -0.15) is 0 Å². The van der Waals surface area contributed by atoms with E-state index in [2.05, 4.69) is 10.6 Å². The van der Waals surface area contributed by atoms with Crippen molar-refractivity contribution in [1.29, 1.82) is 0 Å². The molecule has 4 heteroatoms. The predicted molar refractivity (Wildman–Crippen MR) is 95.9 cm³/mol. The molecule has 8 atom stereocenters. The van der Waals surface area contributed by atoms with Crippen molar-refractivity contribution in [3.8, 4) is 0 Å². The van der Waals surface area contributed by atoms with Crippen LogP contribution in [0.3, 0.4) is 0 Å². The lowest BCUT2D eigenvalue weighted by molar-refractivity contribution is 0.281. The first-order valence-corrected chi connectivity index (χ1v) is 9.31. The van der Waals surface area contributed by atoms with Crippen LogP contribution in [0.15, 0.2) is 0 Å². The highest BCUT2D eigenvalue weighted by atomic mass is 35.5. The molecule has 6 fully saturated rings. The molecule has 0 aromatic heterocycles. The molecule has 2 aliphatic heterocycles. The lowest BCUT2D eigenvalue weighted by Crippen LogP contribution is -2.19. The molecule has 4 bridgehead atoms. The minimum Gasteiger partial charge on any atom is -0.316 e. The van der Waals surface area contributed by atoms with Crippen molar-refractivity contribution >= 4 is 24.8 Å². The average Bonchev–Trinajstić information content (AvgIpc) is 3.28. The van der Waals surface area contributed by atoms with E-state index in [1.165, 1.54) is 26.2 Å². The molecule has 0 radical (unpaired) electrons. The third-order valence-electron chi connectivity index (χ3n) is 8.07. The molecule has 2 N–H and O–H groups in total. The quantitative estimate of drug-likeness (QED) is 0.702. The summed E-state index contributed by atoms with van der Waals surface area (Å²) in [6.45, 7) is 5.36. The Morgan fingerprint density at radius 2 is 0.727 bits per heavy atom. The molecule has 6 aliphatic rings. The second-order valence-electron chi connectivity index (χ2n) is 8.64. The maximum atomic E-state index is 3.53. The largest absolute Gasteiger partial charge is 0.316 e. The molecule has 6 rings (SSSR count). The minimum atomic E-state index is 0. The summed E-state index contributed by atoms with van der Waals surface area (Å²) in [6, 6.07) is 0. The average molecular weight is 347 g/mol. The zero-order valence-electron chi connectivity index (χ0n) is 13.5. The van der Waals surface area contributed by atoms with Crippen molar-refractivity contribution in [2.75, 3.05) is 26.2 Å². The molecule has 2 saturated heterocycles. The standard InChI is InChI=1S/2C9H15N.2ClH/c2*1-2-7-3-6(1)8-4-10-5-9(7)8;;/h2*6-10H,1-5H2;2*1H/t2*6-,7+,8-,9+;;. The van der Waals surface area contributed by atoms with Gasteiger partial charge in [0.15, 0.2) is 0 Å². The molecule has 2 heterocycles. The SMILES string of the molecule is C1C[C@H]2C[C@@H]1[C@H]1CNC[C@@H]21.C1C[C@H]2C[C@@H]1[C@H]1CNC[C@@H]21.Cl.Cl. The van der Waals surface area contributed by atoms with Gasteiger partial charge in [0, 0.05) is 0 Å². The molecule has 0 amide bonds. The highest BCUT2D eigenvalue weighted by Crippen LogP contribution is 2.54. The van der Waals surface area contributed by atoms with Gasteiger partial charge in [-0.05, 0) is 112 Å². The zero-order chi connectivity index (χ0) is 13.1. The summed E-state index contributed by atoms with van der Waals surface area (Å²) in [6.07, 6.45) is 9.36. The van der Waals surface area contributed by atoms with Gasteiger partial charge in [0.1, 0.15) is 0 Å². The summed E-state index contributed by atoms with van der Waals surface area (Å²) in [5, 5.41) is 7.05. The molecular formula is C18H32Cl2N2. The van der Waals surface area contributed by atoms with Crippen molar-refractivity contribution in [2.45, 2.75) is 38.5 Å². The van der Waals surface area contributed by atoms with Crippen LogP contribution in [0.4, 0.5) is 0 Å². The molecular weight excluding hydrogens is 315 g/mol. The summed E-state index contributed by atoms with van der Waals surface area (Å²) in [5.74, 6) is 8.90. The van der Waals surface area contributed by atoms with Crippen LogP contribution in [0.5, 0.6) is 0 Å². The Morgan fingerprint density at radius 3 is 1.00 bits per heavy atom. The van der Waals surface area contributed by atoms with Crippen LogP contribution in [0, 0.1) is 47.3 Å². The first-order chi connectivity index (χ1) is 9.90. The normalized spacial score (nSPS) is 52.4. The highest BCUT2D eigenvalue weighted by Gasteiger charge is 2.49. The fourth-order valence-corrected chi connectivity index (χ4v) is 7.16. The predicted octanol–water partition coefficient (Wildman–Crippen LogP) is 3.35. The Balaban J connectivity index is 0.000000120. The van der Waals surface area contributed by atoms with E-state index in [4.69, 9.17) is 0 Å². The van der Waals surface area contributed by atoms with Gasteiger partial charge in [0.2, 0.25) is 0 Å². The molecule has 22 heavy (non-hydrogen) atoms. The van der Waals surface area contributed by atoms with E-state index >= 15 is 0 Å². The van der Waals surface area contributed by atoms with Crippen LogP contribution < -0.4 is 10.6 Å². The Morgan fingerprint density at radius 1 is 0.455 bits per heavy atom. The van der Waals surface area contributed by atoms with E-state index in [1.807, 2.05) is 0 Å². The van der Waals surface area contributed by atoms with E-state index in [1.54, 1.807) is 38.5 Å². The number of halogens is 2. The van der Waals surface area contributed by atoms with Crippen molar-refractivity contribution in [2.24, 2.45) is 47.3 Å². The fraction of sp³-hybridized carbons (Fsp3) is 1.00. The Labute approximate surface area is 147 Å². The van der Waals surface area contributed by atoms with Crippen LogP contribution >= 0.6 is 24.8 Å². The third kappa shape index (κ3) is 2.62. The van der Waals surface area contributed by atoms with Gasteiger partial charge in [-0.15, -0.1) is 24.8 Å². The summed E-state index contributed by atoms with van der Waals surface area (Å²) < 4.78 is 0. The van der Waals surface area contributed by atoms with Gasteiger partial charge in [0.25, 0.3) is 0 Å². The van der Waals surface area contributed by atoms with E-state index in [0.717, 1.165) is 47.3 Å². The van der Waals surface area contributed by atoms with Crippen molar-refractivity contribution in [3.63, 3.8) is 0 Å². The second kappa shape index (κ2) is 6.78. The smallest absolute Gasteiger partial charge is 0.00145 e. The molecule has 4 saturated carbocycles. The summed E-state index contributed by atoms with van der Waals surface area (Å²) in [5.41, 5.74) is 0. The van der Waals surface area contributed by atoms with Crippen LogP contribution in [-0.2, 0) is 0 Å². The van der Waals surface area contributed by atoms with Crippen LogP contribution in [-0.4, -0.2) is 26.2 Å². The number of rotatable bonds is 0. The molecule has 0 unspecified atom stereocenters. The summed E-state index contributed by atoms with van der Waals surface area (Å²) in [4.78, 5) is 0. The summed E-state index contributed by atoms with van der Waals surface area (Å²) >= 11 is 0. The third-order valence-corrected chi connectivity index (χ3v) is 8.07. The minimum absolute atomic E-state index is 0. The van der Waals surface area contributed by atoms with Crippen molar-refractivity contribution < 1.29 is 0 Å². The maximum Gasteiger partial charge on any atom is -0.00145 e. The molecule has 2 nitrogen and oxygen atoms in total. The van der Waals surface area contributed by atoms with Crippen molar-refractivity contribution in [1.82, 2.24) is 10.6 Å². The number of fused-ring (bicyclic) bond motifs is 10. The van der Waals surface area contributed by atoms with Crippen LogP contribution in [0.2, 0.25) is 0 Å². The topological polar surface area (TPSA) is 24.1 Å². The Hall–Kier alpha value is 0.500. The lowest BCUT2D eigenvalue weighted by Gasteiger charge is -2.22. The van der Waals surface area contributed by atoms with Gasteiger partial charge < -0.3 is 10.6 Å². The van der Waals surface area contributed by atoms with E-state index in [9.17, 15) is 0 Å². The molecule has 0 spiro atoms. The molecule has 0 aromatic carbocycles. The van der Waals surface area contributed by atoms with Gasteiger partial charge in [-0.1, -0.05) is 0 Å². The van der Waals surface area contributed by atoms with Crippen LogP contribution in [0.1, 0.15) is 38.5 Å². The molecule has 0 aromatic rings. The van der Waals surface area contributed by atoms with E-state index in [-0.39, 0.29) is 24.8 Å². The number of nitrogens with one attached hydrogen (secondary N) is 2. The second-order valence-corrected chi connectivity index (χ2v) is 8.64. The summed E-state index contributed by atoms with van der Waals surface area (Å²) in [7, 11) is 0. The van der Waals surface area contributed by atoms with Gasteiger partial charge in [-0.25, -0.2) is 0 Å². The van der Waals surface area contributed by atoms with E-state index < -0.39 is 0 Å². The first kappa shape index (κ1) is 17.3. The maximum absolute atomic E-state index is 3.53. The Kier molecular flexibility index (Phi) is 5.34. The number of hydrogen-bond donors (Lipinski definition) is 2. The number of hydrogen-bond acceptors (Lipinski definition) is 2. The fourth-order valence-electron chi connectivity index (χ4n) is 7.16. The van der Waals surface area contributed by atoms with Gasteiger partial charge in [0.05, 0.1) is 0 Å². The lowest BCUT2D eigenvalue weighted by atomic mass is 9.82. The van der Waals surface area contributed by atoms with Crippen molar-refractivity contribution in [3.05, 3.63) is 0 Å². The molecule has 128 valence electrons. The Bertz CT molecular complexity index is 323. The van der Waals surface area contributed by atoms with Gasteiger partial charge in [-0.3, -0.25) is 0 Å². The van der Waals surface area contributed by atoms with Gasteiger partial charge >= 0.3 is 0 Å². The van der Waals surface area contributed by atoms with Crippen LogP contribution in [0.25, 0.3) is 0 Å². The molecule has 4 aliphatic carbocycles. The monoisotopic (exact) mass is 346 g/mol.